The molecule has 0 aliphatic carbocycles. The van der Waals surface area contributed by atoms with Gasteiger partial charge in [0.2, 0.25) is 0 Å². The Morgan fingerprint density at radius 1 is 0.796 bits per heavy atom. The molecule has 0 amide bonds. The number of carbonyl (C=O) groups is 1. The summed E-state index contributed by atoms with van der Waals surface area (Å²) < 4.78 is 6.63. The molecule has 4 aromatic carbocycles. The van der Waals surface area contributed by atoms with E-state index in [2.05, 4.69) is 92.7 Å². The molecule has 0 saturated carbocycles. The van der Waals surface area contributed by atoms with E-state index in [4.69, 9.17) is 9.72 Å². The number of fused-ring (bicyclic) bond motifs is 6. The third-order valence-electron chi connectivity index (χ3n) is 9.32. The number of ether oxygens (including phenoxy) is 1. The quantitative estimate of drug-likeness (QED) is 0.0849. The standard InChI is InChI=1S/C31H24NO.C13H24O2.Ir/c1-20(2)18-21-19-29(32-28-16-7-5-10-22(21)28)27-15-9-14-26-24-12-4-3-11-23(24)25-13-6-8-17-30(25)33-31(26)27;1-5-10(6-2)12(14)9-13(15)11(7-3)8-4;/h3-14,16-17,19-20H,18H2,1-2H3;9-11,14H,5-8H2,1-4H3;/q-1;;/b;12-9-;. The third-order valence-corrected chi connectivity index (χ3v) is 9.32. The average Bonchev–Trinajstić information content (AvgIpc) is 3.24. The van der Waals surface area contributed by atoms with Gasteiger partial charge in [-0.25, -0.2) is 0 Å². The van der Waals surface area contributed by atoms with Crippen LogP contribution in [0.3, 0.4) is 0 Å². The number of rotatable bonds is 10. The first-order valence-corrected chi connectivity index (χ1v) is 17.5. The van der Waals surface area contributed by atoms with Crippen LogP contribution in [0, 0.1) is 23.8 Å². The maximum absolute atomic E-state index is 11.7. The van der Waals surface area contributed by atoms with Crippen LogP contribution in [0.1, 0.15) is 72.8 Å². The molecule has 2 heterocycles. The SMILES string of the molecule is CC(C)Cc1cc(-c2[c-]ccc3c2Oc2ccccc2-c2ccccc2-3)nc2ccccc12.CCC(CC)C(=O)/C=C(\O)C(CC)CC.[Ir]. The summed E-state index contributed by atoms with van der Waals surface area (Å²) in [6.45, 7) is 12.6. The van der Waals surface area contributed by atoms with Gasteiger partial charge in [0, 0.05) is 49.0 Å². The number of hydrogen-bond acceptors (Lipinski definition) is 4. The van der Waals surface area contributed by atoms with Gasteiger partial charge in [0.05, 0.1) is 17.0 Å². The number of aliphatic hydroxyl groups is 1. The number of ketones is 1. The summed E-state index contributed by atoms with van der Waals surface area (Å²) in [4.78, 5) is 16.8. The maximum Gasteiger partial charge on any atom is 0.162 e. The number of aliphatic hydroxyl groups excluding tert-OH is 1. The summed E-state index contributed by atoms with van der Waals surface area (Å²) in [5.74, 6) is 2.77. The number of hydrogen-bond donors (Lipinski definition) is 1. The van der Waals surface area contributed by atoms with Gasteiger partial charge in [0.15, 0.2) is 5.78 Å². The maximum atomic E-state index is 11.7. The van der Waals surface area contributed by atoms with Crippen molar-refractivity contribution in [3.8, 4) is 45.0 Å². The first-order chi connectivity index (χ1) is 23.3. The number of benzene rings is 4. The second-order valence-corrected chi connectivity index (χ2v) is 13.0. The van der Waals surface area contributed by atoms with E-state index in [1.165, 1.54) is 22.6 Å². The van der Waals surface area contributed by atoms with Crippen molar-refractivity contribution in [2.75, 3.05) is 0 Å². The van der Waals surface area contributed by atoms with Crippen LogP contribution in [0.4, 0.5) is 0 Å². The summed E-state index contributed by atoms with van der Waals surface area (Å²) in [5.41, 5.74) is 8.62. The van der Waals surface area contributed by atoms with Crippen LogP contribution >= 0.6 is 0 Å². The van der Waals surface area contributed by atoms with E-state index in [1.54, 1.807) is 0 Å². The predicted octanol–water partition coefficient (Wildman–Crippen LogP) is 12.2. The van der Waals surface area contributed by atoms with Gasteiger partial charge in [-0.1, -0.05) is 119 Å². The molecule has 1 aliphatic rings. The van der Waals surface area contributed by atoms with Crippen LogP contribution in [0.25, 0.3) is 44.4 Å². The fraction of sp³-hybridized carbons (Fsp3) is 0.318. The second-order valence-electron chi connectivity index (χ2n) is 13.0. The van der Waals surface area contributed by atoms with Gasteiger partial charge >= 0.3 is 0 Å². The Balaban J connectivity index is 0.000000290. The Morgan fingerprint density at radius 3 is 2.04 bits per heavy atom. The fourth-order valence-corrected chi connectivity index (χ4v) is 6.60. The summed E-state index contributed by atoms with van der Waals surface area (Å²) in [6, 6.07) is 34.9. The summed E-state index contributed by atoms with van der Waals surface area (Å²) in [6.07, 6.45) is 5.90. The molecular formula is C44H48IrNO3-. The summed E-state index contributed by atoms with van der Waals surface area (Å²) >= 11 is 0. The molecule has 0 atom stereocenters. The minimum absolute atomic E-state index is 0. The van der Waals surface area contributed by atoms with Crippen LogP contribution in [-0.4, -0.2) is 15.9 Å². The molecule has 1 aliphatic heterocycles. The largest absolute Gasteiger partial charge is 0.512 e. The molecule has 0 spiro atoms. The zero-order valence-electron chi connectivity index (χ0n) is 29.5. The number of nitrogens with zero attached hydrogens (tertiary/aromatic N) is 1. The minimum Gasteiger partial charge on any atom is -0.512 e. The molecular weight excluding hydrogens is 783 g/mol. The van der Waals surface area contributed by atoms with Crippen molar-refractivity contribution in [3.63, 3.8) is 0 Å². The van der Waals surface area contributed by atoms with Crippen LogP contribution in [-0.2, 0) is 31.3 Å². The van der Waals surface area contributed by atoms with Crippen molar-refractivity contribution in [3.05, 3.63) is 114 Å². The fourth-order valence-electron chi connectivity index (χ4n) is 6.60. The number of carbonyl (C=O) groups excluding carboxylic acids is 1. The Bertz CT molecular complexity index is 1900. The number of pyridine rings is 1. The molecule has 5 aromatic rings. The molecule has 1 radical (unpaired) electrons. The molecule has 49 heavy (non-hydrogen) atoms. The molecule has 4 nitrogen and oxygen atoms in total. The minimum atomic E-state index is 0. The molecule has 0 saturated heterocycles. The number of para-hydroxylation sites is 2. The normalized spacial score (nSPS) is 11.9. The van der Waals surface area contributed by atoms with E-state index in [1.807, 2.05) is 45.9 Å². The van der Waals surface area contributed by atoms with E-state index in [0.717, 1.165) is 77.1 Å². The van der Waals surface area contributed by atoms with Crippen molar-refractivity contribution >= 4 is 16.7 Å². The second kappa shape index (κ2) is 17.6. The third kappa shape index (κ3) is 8.58. The van der Waals surface area contributed by atoms with Crippen LogP contribution in [0.2, 0.25) is 0 Å². The van der Waals surface area contributed by atoms with Crippen LogP contribution in [0.5, 0.6) is 11.5 Å². The molecule has 6 rings (SSSR count). The van der Waals surface area contributed by atoms with Gasteiger partial charge in [-0.3, -0.25) is 9.78 Å². The smallest absolute Gasteiger partial charge is 0.162 e. The van der Waals surface area contributed by atoms with Crippen molar-refractivity contribution in [1.82, 2.24) is 4.98 Å². The van der Waals surface area contributed by atoms with Gasteiger partial charge < -0.3 is 9.84 Å². The van der Waals surface area contributed by atoms with E-state index >= 15 is 0 Å². The van der Waals surface area contributed by atoms with E-state index in [9.17, 15) is 9.90 Å². The molecule has 5 heteroatoms. The van der Waals surface area contributed by atoms with Crippen molar-refractivity contribution in [2.24, 2.45) is 17.8 Å². The molecule has 1 aromatic heterocycles. The molecule has 1 N–H and O–H groups in total. The van der Waals surface area contributed by atoms with E-state index in [0.29, 0.717) is 5.92 Å². The zero-order valence-corrected chi connectivity index (χ0v) is 31.9. The molecule has 257 valence electrons. The molecule has 0 unspecified atom stereocenters. The zero-order chi connectivity index (χ0) is 34.2. The first kappa shape index (κ1) is 37.8. The number of allylic oxidation sites excluding steroid dienone is 2. The van der Waals surface area contributed by atoms with Crippen molar-refractivity contribution in [2.45, 2.75) is 73.6 Å². The monoisotopic (exact) mass is 831 g/mol. The average molecular weight is 831 g/mol. The predicted molar refractivity (Wildman–Crippen MR) is 199 cm³/mol. The van der Waals surface area contributed by atoms with Gasteiger partial charge in [-0.15, -0.1) is 18.2 Å². The summed E-state index contributed by atoms with van der Waals surface area (Å²) in [7, 11) is 0. The van der Waals surface area contributed by atoms with Crippen molar-refractivity contribution < 1.29 is 34.7 Å². The van der Waals surface area contributed by atoms with Crippen LogP contribution < -0.4 is 4.74 Å². The molecule has 0 fully saturated rings. The van der Waals surface area contributed by atoms with Gasteiger partial charge in [-0.05, 0) is 72.5 Å². The first-order valence-electron chi connectivity index (χ1n) is 17.5. The molecule has 0 bridgehead atoms. The Kier molecular flexibility index (Phi) is 13.5. The Morgan fingerprint density at radius 2 is 1.39 bits per heavy atom. The topological polar surface area (TPSA) is 59.4 Å². The van der Waals surface area contributed by atoms with Crippen LogP contribution in [0.15, 0.2) is 103 Å². The number of aromatic nitrogens is 1. The Hall–Kier alpha value is -4.05. The van der Waals surface area contributed by atoms with Crippen molar-refractivity contribution in [1.29, 1.82) is 0 Å². The van der Waals surface area contributed by atoms with Gasteiger partial charge in [0.1, 0.15) is 5.75 Å². The van der Waals surface area contributed by atoms with E-state index < -0.39 is 0 Å². The summed E-state index contributed by atoms with van der Waals surface area (Å²) in [5, 5.41) is 11.0. The van der Waals surface area contributed by atoms with E-state index in [-0.39, 0.29) is 43.5 Å². The Labute approximate surface area is 306 Å². The van der Waals surface area contributed by atoms with Gasteiger partial charge in [0.25, 0.3) is 0 Å². The van der Waals surface area contributed by atoms with Gasteiger partial charge in [-0.2, -0.15) is 0 Å².